The zero-order chi connectivity index (χ0) is 11.3. The summed E-state index contributed by atoms with van der Waals surface area (Å²) in [6, 6.07) is 2.01. The van der Waals surface area contributed by atoms with Gasteiger partial charge < -0.3 is 15.4 Å². The molecular weight excluding hydrogens is 194 g/mol. The van der Waals surface area contributed by atoms with Gasteiger partial charge in [-0.3, -0.25) is 4.79 Å². The Morgan fingerprint density at radius 2 is 2.40 bits per heavy atom. The van der Waals surface area contributed by atoms with E-state index in [0.29, 0.717) is 19.6 Å². The van der Waals surface area contributed by atoms with Gasteiger partial charge in [0.25, 0.3) is 0 Å². The number of hydrogen-bond donors (Lipinski definition) is 2. The summed E-state index contributed by atoms with van der Waals surface area (Å²) in [4.78, 5) is 11.8. The van der Waals surface area contributed by atoms with E-state index >= 15 is 0 Å². The van der Waals surface area contributed by atoms with Gasteiger partial charge in [-0.25, -0.2) is 0 Å². The quantitative estimate of drug-likeness (QED) is 0.666. The van der Waals surface area contributed by atoms with Crippen LogP contribution < -0.4 is 10.6 Å². The van der Waals surface area contributed by atoms with E-state index in [9.17, 15) is 4.79 Å². The summed E-state index contributed by atoms with van der Waals surface area (Å²) >= 11 is 0. The first-order valence-electron chi connectivity index (χ1n) is 5.11. The molecule has 3 unspecified atom stereocenters. The van der Waals surface area contributed by atoms with Crippen molar-refractivity contribution in [2.45, 2.75) is 25.4 Å². The summed E-state index contributed by atoms with van der Waals surface area (Å²) in [5, 5.41) is 14.3. The predicted molar refractivity (Wildman–Crippen MR) is 55.0 cm³/mol. The van der Waals surface area contributed by atoms with Crippen LogP contribution in [0, 0.1) is 17.2 Å². The van der Waals surface area contributed by atoms with E-state index < -0.39 is 0 Å². The molecule has 2 N–H and O–H groups in total. The van der Waals surface area contributed by atoms with Crippen molar-refractivity contribution in [2.75, 3.05) is 20.3 Å². The Morgan fingerprint density at radius 3 is 3.00 bits per heavy atom. The first-order valence-corrected chi connectivity index (χ1v) is 5.11. The molecule has 3 atom stereocenters. The number of nitrogens with zero attached hydrogens (tertiary/aromatic N) is 1. The minimum atomic E-state index is -0.142. The van der Waals surface area contributed by atoms with Gasteiger partial charge in [-0.1, -0.05) is 0 Å². The van der Waals surface area contributed by atoms with Crippen LogP contribution in [0.2, 0.25) is 0 Å². The highest BCUT2D eigenvalue weighted by atomic mass is 16.5. The zero-order valence-electron chi connectivity index (χ0n) is 9.12. The molecular formula is C10H17N3O2. The van der Waals surface area contributed by atoms with Gasteiger partial charge in [0.15, 0.2) is 0 Å². The van der Waals surface area contributed by atoms with E-state index in [1.807, 2.05) is 20.0 Å². The van der Waals surface area contributed by atoms with E-state index in [1.165, 1.54) is 0 Å². The molecule has 0 radical (unpaired) electrons. The highest BCUT2D eigenvalue weighted by Crippen LogP contribution is 2.13. The van der Waals surface area contributed by atoms with Crippen LogP contribution in [-0.4, -0.2) is 38.3 Å². The third-order valence-electron chi connectivity index (χ3n) is 2.57. The molecule has 84 valence electrons. The first-order chi connectivity index (χ1) is 7.19. The lowest BCUT2D eigenvalue weighted by Crippen LogP contribution is -2.45. The van der Waals surface area contributed by atoms with Crippen molar-refractivity contribution in [1.82, 2.24) is 10.6 Å². The van der Waals surface area contributed by atoms with Crippen molar-refractivity contribution in [3.05, 3.63) is 0 Å². The van der Waals surface area contributed by atoms with Crippen LogP contribution in [0.25, 0.3) is 0 Å². The topological polar surface area (TPSA) is 74.2 Å². The largest absolute Gasteiger partial charge is 0.379 e. The number of carbonyl (C=O) groups is 1. The van der Waals surface area contributed by atoms with Crippen LogP contribution in [0.1, 0.15) is 13.3 Å². The molecule has 0 bridgehead atoms. The fourth-order valence-electron chi connectivity index (χ4n) is 1.64. The Hall–Kier alpha value is -1.12. The minimum Gasteiger partial charge on any atom is -0.379 e. The Labute approximate surface area is 89.8 Å². The average molecular weight is 211 g/mol. The van der Waals surface area contributed by atoms with Gasteiger partial charge in [0, 0.05) is 12.1 Å². The Balaban J connectivity index is 2.43. The maximum Gasteiger partial charge on any atom is 0.227 e. The molecule has 1 aliphatic heterocycles. The third-order valence-corrected chi connectivity index (χ3v) is 2.57. The number of carbonyl (C=O) groups excluding carboxylic acids is 1. The Bertz CT molecular complexity index is 262. The van der Waals surface area contributed by atoms with E-state index in [1.54, 1.807) is 0 Å². The maximum atomic E-state index is 11.8. The molecule has 15 heavy (non-hydrogen) atoms. The molecule has 1 heterocycles. The Morgan fingerprint density at radius 1 is 1.67 bits per heavy atom. The molecule has 0 saturated carbocycles. The second-order valence-electron chi connectivity index (χ2n) is 3.81. The second-order valence-corrected chi connectivity index (χ2v) is 3.81. The zero-order valence-corrected chi connectivity index (χ0v) is 9.12. The van der Waals surface area contributed by atoms with Crippen LogP contribution >= 0.6 is 0 Å². The summed E-state index contributed by atoms with van der Waals surface area (Å²) in [7, 11) is 1.82. The molecule has 5 heteroatoms. The third kappa shape index (κ3) is 3.18. The van der Waals surface area contributed by atoms with Gasteiger partial charge in [0.1, 0.15) is 0 Å². The van der Waals surface area contributed by atoms with Crippen LogP contribution in [0.15, 0.2) is 0 Å². The van der Waals surface area contributed by atoms with Gasteiger partial charge in [-0.05, 0) is 14.0 Å². The predicted octanol–water partition coefficient (Wildman–Crippen LogP) is -0.361. The second kappa shape index (κ2) is 5.69. The molecule has 1 amide bonds. The number of ether oxygens (including phenoxy) is 1. The van der Waals surface area contributed by atoms with Gasteiger partial charge in [0.2, 0.25) is 5.91 Å². The van der Waals surface area contributed by atoms with E-state index in [4.69, 9.17) is 10.00 Å². The molecule has 1 saturated heterocycles. The molecule has 1 fully saturated rings. The number of likely N-dealkylation sites (N-methyl/N-ethyl adjacent to an activating group) is 1. The minimum absolute atomic E-state index is 0.0328. The number of hydrogen-bond acceptors (Lipinski definition) is 4. The lowest BCUT2D eigenvalue weighted by atomic mass is 10.0. The summed E-state index contributed by atoms with van der Waals surface area (Å²) in [5.41, 5.74) is 0. The maximum absolute atomic E-state index is 11.8. The smallest absolute Gasteiger partial charge is 0.227 e. The molecule has 0 aromatic heterocycles. The van der Waals surface area contributed by atoms with Crippen LogP contribution in [0.5, 0.6) is 0 Å². The number of nitrogens with one attached hydrogen (secondary N) is 2. The van der Waals surface area contributed by atoms with Crippen molar-refractivity contribution in [3.63, 3.8) is 0 Å². The summed E-state index contributed by atoms with van der Waals surface area (Å²) in [5.74, 6) is -0.175. The molecule has 0 aliphatic carbocycles. The van der Waals surface area contributed by atoms with Gasteiger partial charge in [-0.2, -0.15) is 5.26 Å². The standard InChI is InChI=1S/C10H17N3O2/c1-7(3-4-11)13-10(14)8-5-15-6-9(8)12-2/h7-9,12H,3,5-6H2,1-2H3,(H,13,14). The van der Waals surface area contributed by atoms with Crippen molar-refractivity contribution >= 4 is 5.91 Å². The number of amides is 1. The average Bonchev–Trinajstić information content (AvgIpc) is 2.65. The molecule has 5 nitrogen and oxygen atoms in total. The van der Waals surface area contributed by atoms with Gasteiger partial charge >= 0.3 is 0 Å². The van der Waals surface area contributed by atoms with Crippen molar-refractivity contribution in [2.24, 2.45) is 5.92 Å². The first kappa shape index (κ1) is 12.0. The molecule has 0 spiro atoms. The van der Waals surface area contributed by atoms with E-state index in [2.05, 4.69) is 10.6 Å². The van der Waals surface area contributed by atoms with Crippen molar-refractivity contribution in [3.8, 4) is 6.07 Å². The SMILES string of the molecule is CNC1COCC1C(=O)NC(C)CC#N. The van der Waals surface area contributed by atoms with E-state index in [-0.39, 0.29) is 23.9 Å². The molecule has 1 aliphatic rings. The lowest BCUT2D eigenvalue weighted by Gasteiger charge is -2.18. The van der Waals surface area contributed by atoms with Crippen LogP contribution in [-0.2, 0) is 9.53 Å². The summed E-state index contributed by atoms with van der Waals surface area (Å²) in [6.07, 6.45) is 0.337. The van der Waals surface area contributed by atoms with Crippen LogP contribution in [0.3, 0.4) is 0 Å². The van der Waals surface area contributed by atoms with Crippen LogP contribution in [0.4, 0.5) is 0 Å². The van der Waals surface area contributed by atoms with Gasteiger partial charge in [0.05, 0.1) is 31.6 Å². The summed E-state index contributed by atoms with van der Waals surface area (Å²) in [6.45, 7) is 2.85. The monoisotopic (exact) mass is 211 g/mol. The van der Waals surface area contributed by atoms with Gasteiger partial charge in [-0.15, -0.1) is 0 Å². The summed E-state index contributed by atoms with van der Waals surface area (Å²) < 4.78 is 5.23. The van der Waals surface area contributed by atoms with Crippen molar-refractivity contribution < 1.29 is 9.53 Å². The molecule has 1 rings (SSSR count). The fourth-order valence-corrected chi connectivity index (χ4v) is 1.64. The number of nitriles is 1. The lowest BCUT2D eigenvalue weighted by molar-refractivity contribution is -0.126. The highest BCUT2D eigenvalue weighted by Gasteiger charge is 2.33. The molecule has 0 aromatic rings. The van der Waals surface area contributed by atoms with Crippen molar-refractivity contribution in [1.29, 1.82) is 5.26 Å². The molecule has 0 aromatic carbocycles. The Kier molecular flexibility index (Phi) is 4.53. The van der Waals surface area contributed by atoms with E-state index in [0.717, 1.165) is 0 Å². The normalized spacial score (nSPS) is 27.0. The fraction of sp³-hybridized carbons (Fsp3) is 0.800. The highest BCUT2D eigenvalue weighted by molar-refractivity contribution is 5.80. The number of rotatable bonds is 4.